The van der Waals surface area contributed by atoms with E-state index in [1.165, 1.54) is 19.1 Å². The third-order valence-electron chi connectivity index (χ3n) is 3.90. The lowest BCUT2D eigenvalue weighted by Gasteiger charge is -2.14. The zero-order valence-corrected chi connectivity index (χ0v) is 13.9. The molecule has 0 saturated heterocycles. The number of carbonyl (C=O) groups is 1. The van der Waals surface area contributed by atoms with Crippen LogP contribution in [0.5, 0.6) is 17.2 Å². The Labute approximate surface area is 144 Å². The van der Waals surface area contributed by atoms with Crippen LogP contribution in [0.3, 0.4) is 0 Å². The number of aromatic hydroxyl groups is 1. The molecule has 3 rings (SSSR count). The maximum atomic E-state index is 13.8. The summed E-state index contributed by atoms with van der Waals surface area (Å²) in [5, 5.41) is 14.0. The summed E-state index contributed by atoms with van der Waals surface area (Å²) in [4.78, 5) is 11.2. The van der Waals surface area contributed by atoms with Crippen molar-refractivity contribution in [3.05, 3.63) is 66.0 Å². The smallest absolute Gasteiger partial charge is 0.217 e. The molecule has 1 amide bonds. The molecule has 0 heterocycles. The van der Waals surface area contributed by atoms with Gasteiger partial charge in [0.1, 0.15) is 11.5 Å². The highest BCUT2D eigenvalue weighted by Crippen LogP contribution is 2.30. The van der Waals surface area contributed by atoms with Crippen LogP contribution in [0.1, 0.15) is 25.5 Å². The van der Waals surface area contributed by atoms with Crippen molar-refractivity contribution in [3.63, 3.8) is 0 Å². The molecule has 1 atom stereocenters. The van der Waals surface area contributed by atoms with Crippen molar-refractivity contribution in [1.82, 2.24) is 5.32 Å². The van der Waals surface area contributed by atoms with E-state index in [1.54, 1.807) is 6.07 Å². The number of fused-ring (bicyclic) bond motifs is 1. The van der Waals surface area contributed by atoms with E-state index < -0.39 is 5.82 Å². The van der Waals surface area contributed by atoms with Gasteiger partial charge in [0, 0.05) is 13.0 Å². The second-order valence-electron chi connectivity index (χ2n) is 5.91. The summed E-state index contributed by atoms with van der Waals surface area (Å²) in [6.07, 6.45) is 0. The monoisotopic (exact) mass is 339 g/mol. The van der Waals surface area contributed by atoms with E-state index in [0.717, 1.165) is 22.4 Å². The Hall–Kier alpha value is -3.08. The summed E-state index contributed by atoms with van der Waals surface area (Å²) in [6.45, 7) is 3.41. The van der Waals surface area contributed by atoms with Crippen LogP contribution in [0.25, 0.3) is 10.8 Å². The van der Waals surface area contributed by atoms with Gasteiger partial charge >= 0.3 is 0 Å². The summed E-state index contributed by atoms with van der Waals surface area (Å²) in [5.41, 5.74) is 1.00. The normalized spacial score (nSPS) is 12.0. The summed E-state index contributed by atoms with van der Waals surface area (Å²) in [5.74, 6) is -0.302. The van der Waals surface area contributed by atoms with Crippen molar-refractivity contribution >= 4 is 16.7 Å². The van der Waals surface area contributed by atoms with Gasteiger partial charge in [0.2, 0.25) is 5.91 Å². The van der Waals surface area contributed by atoms with Crippen molar-refractivity contribution in [3.8, 4) is 17.2 Å². The zero-order chi connectivity index (χ0) is 18.0. The maximum Gasteiger partial charge on any atom is 0.217 e. The highest BCUT2D eigenvalue weighted by molar-refractivity contribution is 5.85. The van der Waals surface area contributed by atoms with Gasteiger partial charge in [0.15, 0.2) is 11.6 Å². The quantitative estimate of drug-likeness (QED) is 0.726. The second-order valence-corrected chi connectivity index (χ2v) is 5.91. The molecule has 0 aromatic heterocycles. The van der Waals surface area contributed by atoms with Crippen LogP contribution in [0, 0.1) is 5.82 Å². The van der Waals surface area contributed by atoms with Crippen LogP contribution in [0.15, 0.2) is 54.6 Å². The Morgan fingerprint density at radius 3 is 2.52 bits per heavy atom. The van der Waals surface area contributed by atoms with Crippen molar-refractivity contribution in [1.29, 1.82) is 0 Å². The van der Waals surface area contributed by atoms with Gasteiger partial charge in [0.25, 0.3) is 0 Å². The van der Waals surface area contributed by atoms with Crippen LogP contribution >= 0.6 is 0 Å². The fourth-order valence-electron chi connectivity index (χ4n) is 2.66. The van der Waals surface area contributed by atoms with Crippen LogP contribution in [-0.2, 0) is 4.79 Å². The summed E-state index contributed by atoms with van der Waals surface area (Å²) in [6, 6.07) is 15.0. The average molecular weight is 339 g/mol. The molecule has 25 heavy (non-hydrogen) atoms. The van der Waals surface area contributed by atoms with Gasteiger partial charge in [-0.05, 0) is 53.6 Å². The fraction of sp³-hybridized carbons (Fsp3) is 0.150. The molecule has 128 valence electrons. The lowest BCUT2D eigenvalue weighted by atomic mass is 10.0. The number of rotatable bonds is 4. The molecule has 0 spiro atoms. The van der Waals surface area contributed by atoms with E-state index in [9.17, 15) is 14.3 Å². The minimum Gasteiger partial charge on any atom is -0.508 e. The minimum absolute atomic E-state index is 0.0491. The number of hydrogen-bond acceptors (Lipinski definition) is 3. The Morgan fingerprint density at radius 1 is 1.08 bits per heavy atom. The third-order valence-corrected chi connectivity index (χ3v) is 3.90. The molecule has 0 radical (unpaired) electrons. The predicted molar refractivity (Wildman–Crippen MR) is 94.3 cm³/mol. The van der Waals surface area contributed by atoms with Gasteiger partial charge in [-0.15, -0.1) is 0 Å². The molecule has 3 aromatic rings. The average Bonchev–Trinajstić information content (AvgIpc) is 2.56. The van der Waals surface area contributed by atoms with Gasteiger partial charge in [-0.2, -0.15) is 0 Å². The van der Waals surface area contributed by atoms with Crippen molar-refractivity contribution in [2.45, 2.75) is 19.9 Å². The van der Waals surface area contributed by atoms with E-state index in [-0.39, 0.29) is 23.4 Å². The molecule has 2 N–H and O–H groups in total. The Bertz CT molecular complexity index is 939. The number of benzene rings is 3. The number of hydrogen-bond donors (Lipinski definition) is 2. The Balaban J connectivity index is 1.86. The van der Waals surface area contributed by atoms with Gasteiger partial charge in [0.05, 0.1) is 6.04 Å². The van der Waals surface area contributed by atoms with E-state index in [2.05, 4.69) is 5.32 Å². The third kappa shape index (κ3) is 3.88. The molecule has 5 heteroatoms. The van der Waals surface area contributed by atoms with E-state index in [0.29, 0.717) is 5.75 Å². The number of ether oxygens (including phenoxy) is 1. The highest BCUT2D eigenvalue weighted by Gasteiger charge is 2.09. The van der Waals surface area contributed by atoms with Gasteiger partial charge in [-0.1, -0.05) is 18.2 Å². The first-order valence-corrected chi connectivity index (χ1v) is 7.89. The Morgan fingerprint density at radius 2 is 1.80 bits per heavy atom. The molecular weight excluding hydrogens is 321 g/mol. The van der Waals surface area contributed by atoms with Crippen molar-refractivity contribution in [2.75, 3.05) is 0 Å². The molecule has 0 saturated carbocycles. The highest BCUT2D eigenvalue weighted by atomic mass is 19.1. The standard InChI is InChI=1S/C20H18FNO3/c1-12(22-13(2)23)14-3-4-16-10-18(7-5-15(16)9-14)25-20-8-6-17(24)11-19(20)21/h3-12,24H,1-2H3,(H,22,23). The second kappa shape index (κ2) is 6.81. The van der Waals surface area contributed by atoms with Crippen LogP contribution in [-0.4, -0.2) is 11.0 Å². The molecular formula is C20H18FNO3. The molecule has 3 aromatic carbocycles. The first kappa shape index (κ1) is 16.8. The fourth-order valence-corrected chi connectivity index (χ4v) is 2.66. The molecule has 0 fully saturated rings. The first-order chi connectivity index (χ1) is 11.9. The number of phenolic OH excluding ortho intramolecular Hbond substituents is 1. The summed E-state index contributed by atoms with van der Waals surface area (Å²) in [7, 11) is 0. The summed E-state index contributed by atoms with van der Waals surface area (Å²) < 4.78 is 19.3. The molecule has 1 unspecified atom stereocenters. The molecule has 0 aliphatic rings. The van der Waals surface area contributed by atoms with Gasteiger partial charge < -0.3 is 15.2 Å². The van der Waals surface area contributed by atoms with Gasteiger partial charge in [-0.3, -0.25) is 4.79 Å². The Kier molecular flexibility index (Phi) is 4.57. The number of halogens is 1. The van der Waals surface area contributed by atoms with Crippen molar-refractivity contribution < 1.29 is 19.0 Å². The van der Waals surface area contributed by atoms with Crippen LogP contribution in [0.4, 0.5) is 4.39 Å². The van der Waals surface area contributed by atoms with E-state index >= 15 is 0 Å². The molecule has 0 aliphatic carbocycles. The zero-order valence-electron chi connectivity index (χ0n) is 13.9. The number of nitrogens with one attached hydrogen (secondary N) is 1. The molecule has 0 bridgehead atoms. The van der Waals surface area contributed by atoms with E-state index in [4.69, 9.17) is 4.74 Å². The predicted octanol–water partition coefficient (Wildman–Crippen LogP) is 4.67. The molecule has 4 nitrogen and oxygen atoms in total. The van der Waals surface area contributed by atoms with Gasteiger partial charge in [-0.25, -0.2) is 4.39 Å². The molecule has 0 aliphatic heterocycles. The lowest BCUT2D eigenvalue weighted by Crippen LogP contribution is -2.23. The van der Waals surface area contributed by atoms with Crippen LogP contribution in [0.2, 0.25) is 0 Å². The summed E-state index contributed by atoms with van der Waals surface area (Å²) >= 11 is 0. The largest absolute Gasteiger partial charge is 0.508 e. The lowest BCUT2D eigenvalue weighted by molar-refractivity contribution is -0.119. The number of phenols is 1. The van der Waals surface area contributed by atoms with Crippen molar-refractivity contribution in [2.24, 2.45) is 0 Å². The maximum absolute atomic E-state index is 13.8. The minimum atomic E-state index is -0.625. The SMILES string of the molecule is CC(=O)NC(C)c1ccc2cc(Oc3ccc(O)cc3F)ccc2c1. The topological polar surface area (TPSA) is 58.6 Å². The number of amides is 1. The van der Waals surface area contributed by atoms with E-state index in [1.807, 2.05) is 37.3 Å². The van der Waals surface area contributed by atoms with Crippen LogP contribution < -0.4 is 10.1 Å². The number of carbonyl (C=O) groups excluding carboxylic acids is 1. The first-order valence-electron chi connectivity index (χ1n) is 7.89.